The monoisotopic (exact) mass is 211 g/mol. The van der Waals surface area contributed by atoms with Crippen molar-refractivity contribution in [2.24, 2.45) is 0 Å². The first-order chi connectivity index (χ1) is 6.63. The summed E-state index contributed by atoms with van der Waals surface area (Å²) < 4.78 is 0. The van der Waals surface area contributed by atoms with Crippen LogP contribution in [0, 0.1) is 6.92 Å². The van der Waals surface area contributed by atoms with E-state index in [1.54, 1.807) is 0 Å². The fourth-order valence-electron chi connectivity index (χ4n) is 2.11. The smallest absolute Gasteiger partial charge is 0.105 e. The molecule has 76 valence electrons. The molecule has 1 saturated heterocycles. The summed E-state index contributed by atoms with van der Waals surface area (Å²) in [4.78, 5) is 0. The highest BCUT2D eigenvalue weighted by atomic mass is 35.5. The molecule has 0 bridgehead atoms. The van der Waals surface area contributed by atoms with Crippen LogP contribution in [0.4, 0.5) is 0 Å². The normalized spacial score (nSPS) is 26.8. The second-order valence-electron chi connectivity index (χ2n) is 3.89. The minimum atomic E-state index is -0.775. The van der Waals surface area contributed by atoms with E-state index in [-0.39, 0.29) is 0 Å². The molecule has 2 nitrogen and oxygen atoms in total. The van der Waals surface area contributed by atoms with Crippen molar-refractivity contribution < 1.29 is 5.11 Å². The van der Waals surface area contributed by atoms with Crippen LogP contribution in [-0.4, -0.2) is 18.2 Å². The Hall–Kier alpha value is -0.570. The molecule has 3 heteroatoms. The van der Waals surface area contributed by atoms with E-state index in [4.69, 9.17) is 11.6 Å². The first-order valence-electron chi connectivity index (χ1n) is 4.82. The molecule has 0 saturated carbocycles. The molecule has 0 aromatic heterocycles. The van der Waals surface area contributed by atoms with Crippen molar-refractivity contribution in [3.63, 3.8) is 0 Å². The van der Waals surface area contributed by atoms with Crippen molar-refractivity contribution in [3.8, 4) is 0 Å². The lowest BCUT2D eigenvalue weighted by Gasteiger charge is -2.25. The molecule has 0 radical (unpaired) electrons. The van der Waals surface area contributed by atoms with E-state index < -0.39 is 5.60 Å². The van der Waals surface area contributed by atoms with Crippen LogP contribution in [0.25, 0.3) is 0 Å². The van der Waals surface area contributed by atoms with E-state index in [9.17, 15) is 5.11 Å². The van der Waals surface area contributed by atoms with Crippen LogP contribution < -0.4 is 5.32 Å². The second kappa shape index (κ2) is 3.54. The van der Waals surface area contributed by atoms with Gasteiger partial charge in [-0.05, 0) is 31.5 Å². The SMILES string of the molecule is Cc1cccc(Cl)c1C1(O)CCNC1. The molecule has 14 heavy (non-hydrogen) atoms. The average Bonchev–Trinajstić information content (AvgIpc) is 2.52. The summed E-state index contributed by atoms with van der Waals surface area (Å²) >= 11 is 6.11. The highest BCUT2D eigenvalue weighted by molar-refractivity contribution is 6.31. The molecule has 1 fully saturated rings. The summed E-state index contributed by atoms with van der Waals surface area (Å²) in [6.45, 7) is 3.43. The van der Waals surface area contributed by atoms with Crippen molar-refractivity contribution >= 4 is 11.6 Å². The van der Waals surface area contributed by atoms with Gasteiger partial charge in [0.2, 0.25) is 0 Å². The van der Waals surface area contributed by atoms with Gasteiger partial charge >= 0.3 is 0 Å². The minimum absolute atomic E-state index is 0.595. The van der Waals surface area contributed by atoms with Crippen LogP contribution in [0.5, 0.6) is 0 Å². The molecule has 1 atom stereocenters. The highest BCUT2D eigenvalue weighted by Gasteiger charge is 2.35. The van der Waals surface area contributed by atoms with E-state index in [0.717, 1.165) is 24.1 Å². The van der Waals surface area contributed by atoms with Gasteiger partial charge in [-0.1, -0.05) is 23.7 Å². The second-order valence-corrected chi connectivity index (χ2v) is 4.30. The molecule has 2 rings (SSSR count). The van der Waals surface area contributed by atoms with Crippen molar-refractivity contribution in [2.45, 2.75) is 18.9 Å². The lowest BCUT2D eigenvalue weighted by atomic mass is 9.89. The molecular weight excluding hydrogens is 198 g/mol. The third-order valence-electron chi connectivity index (χ3n) is 2.82. The van der Waals surface area contributed by atoms with Gasteiger partial charge < -0.3 is 10.4 Å². The maximum absolute atomic E-state index is 10.4. The first kappa shape index (κ1) is 9.97. The first-order valence-corrected chi connectivity index (χ1v) is 5.20. The molecule has 1 aliphatic heterocycles. The van der Waals surface area contributed by atoms with Crippen LogP contribution in [0.2, 0.25) is 5.02 Å². The maximum Gasteiger partial charge on any atom is 0.105 e. The molecule has 1 aromatic rings. The number of β-amino-alcohol motifs (C(OH)–C–C–N with tert-alkyl or cyclic N) is 1. The van der Waals surface area contributed by atoms with Crippen molar-refractivity contribution in [2.75, 3.05) is 13.1 Å². The van der Waals surface area contributed by atoms with Gasteiger partial charge in [-0.25, -0.2) is 0 Å². The third kappa shape index (κ3) is 1.54. The summed E-state index contributed by atoms with van der Waals surface area (Å²) in [5, 5.41) is 14.2. The van der Waals surface area contributed by atoms with Crippen molar-refractivity contribution in [1.29, 1.82) is 0 Å². The van der Waals surface area contributed by atoms with Gasteiger partial charge in [0.25, 0.3) is 0 Å². The number of benzene rings is 1. The number of nitrogens with one attached hydrogen (secondary N) is 1. The van der Waals surface area contributed by atoms with Gasteiger partial charge in [0.05, 0.1) is 0 Å². The maximum atomic E-state index is 10.4. The molecule has 1 aromatic carbocycles. The topological polar surface area (TPSA) is 32.3 Å². The number of hydrogen-bond acceptors (Lipinski definition) is 2. The number of aryl methyl sites for hydroxylation is 1. The third-order valence-corrected chi connectivity index (χ3v) is 3.14. The number of aliphatic hydroxyl groups is 1. The average molecular weight is 212 g/mol. The highest BCUT2D eigenvalue weighted by Crippen LogP contribution is 2.35. The minimum Gasteiger partial charge on any atom is -0.384 e. The summed E-state index contributed by atoms with van der Waals surface area (Å²) in [6, 6.07) is 5.73. The van der Waals surface area contributed by atoms with E-state index in [1.807, 2.05) is 25.1 Å². The van der Waals surface area contributed by atoms with Crippen LogP contribution in [-0.2, 0) is 5.60 Å². The Bertz CT molecular complexity index is 325. The van der Waals surface area contributed by atoms with Crippen LogP contribution >= 0.6 is 11.6 Å². The van der Waals surface area contributed by atoms with E-state index >= 15 is 0 Å². The molecule has 2 N–H and O–H groups in total. The quantitative estimate of drug-likeness (QED) is 0.743. The summed E-state index contributed by atoms with van der Waals surface area (Å²) in [7, 11) is 0. The Kier molecular flexibility index (Phi) is 2.52. The molecule has 0 amide bonds. The summed E-state index contributed by atoms with van der Waals surface area (Å²) in [5.41, 5.74) is 1.16. The lowest BCUT2D eigenvalue weighted by molar-refractivity contribution is 0.0582. The zero-order valence-corrected chi connectivity index (χ0v) is 8.93. The Morgan fingerprint density at radius 2 is 2.29 bits per heavy atom. The number of rotatable bonds is 1. The van der Waals surface area contributed by atoms with Crippen molar-refractivity contribution in [1.82, 2.24) is 5.32 Å². The van der Waals surface area contributed by atoms with Gasteiger partial charge in [0.1, 0.15) is 5.60 Å². The van der Waals surface area contributed by atoms with Gasteiger partial charge in [0, 0.05) is 17.1 Å². The van der Waals surface area contributed by atoms with Gasteiger partial charge in [-0.2, -0.15) is 0 Å². The van der Waals surface area contributed by atoms with Crippen LogP contribution in [0.15, 0.2) is 18.2 Å². The van der Waals surface area contributed by atoms with Gasteiger partial charge in [-0.3, -0.25) is 0 Å². The molecular formula is C11H14ClNO. The van der Waals surface area contributed by atoms with E-state index in [1.165, 1.54) is 0 Å². The zero-order valence-electron chi connectivity index (χ0n) is 8.18. The molecule has 1 unspecified atom stereocenters. The van der Waals surface area contributed by atoms with Gasteiger partial charge in [-0.15, -0.1) is 0 Å². The van der Waals surface area contributed by atoms with E-state index in [0.29, 0.717) is 11.6 Å². The molecule has 0 spiro atoms. The molecule has 0 aliphatic carbocycles. The summed E-state index contributed by atoms with van der Waals surface area (Å²) in [6.07, 6.45) is 0.734. The fourth-order valence-corrected chi connectivity index (χ4v) is 2.51. The largest absolute Gasteiger partial charge is 0.384 e. The Labute approximate surface area is 88.9 Å². The standard InChI is InChI=1S/C11H14ClNO/c1-8-3-2-4-9(12)10(8)11(14)5-6-13-7-11/h2-4,13-14H,5-7H2,1H3. The Balaban J connectivity index is 2.49. The Morgan fingerprint density at radius 3 is 2.86 bits per heavy atom. The fraction of sp³-hybridized carbons (Fsp3) is 0.455. The van der Waals surface area contributed by atoms with Crippen LogP contribution in [0.1, 0.15) is 17.5 Å². The molecule has 1 aliphatic rings. The predicted molar refractivity (Wildman–Crippen MR) is 57.6 cm³/mol. The predicted octanol–water partition coefficient (Wildman–Crippen LogP) is 1.83. The summed E-state index contributed by atoms with van der Waals surface area (Å²) in [5.74, 6) is 0. The van der Waals surface area contributed by atoms with Crippen molar-refractivity contribution in [3.05, 3.63) is 34.3 Å². The zero-order chi connectivity index (χ0) is 10.2. The van der Waals surface area contributed by atoms with Crippen LogP contribution in [0.3, 0.4) is 0 Å². The van der Waals surface area contributed by atoms with E-state index in [2.05, 4.69) is 5.32 Å². The lowest BCUT2D eigenvalue weighted by Crippen LogP contribution is -2.29. The Morgan fingerprint density at radius 1 is 1.50 bits per heavy atom. The number of hydrogen-bond donors (Lipinski definition) is 2. The number of halogens is 1. The molecule has 1 heterocycles. The van der Waals surface area contributed by atoms with Gasteiger partial charge in [0.15, 0.2) is 0 Å².